The van der Waals surface area contributed by atoms with E-state index in [0.717, 1.165) is 25.6 Å². The highest BCUT2D eigenvalue weighted by molar-refractivity contribution is 4.92. The first-order valence-corrected chi connectivity index (χ1v) is 5.85. The van der Waals surface area contributed by atoms with Gasteiger partial charge in [0.15, 0.2) is 0 Å². The van der Waals surface area contributed by atoms with Gasteiger partial charge in [0.25, 0.3) is 0 Å². The molecule has 2 fully saturated rings. The lowest BCUT2D eigenvalue weighted by Crippen LogP contribution is -2.46. The fourth-order valence-electron chi connectivity index (χ4n) is 2.35. The first-order valence-electron chi connectivity index (χ1n) is 5.85. The van der Waals surface area contributed by atoms with E-state index in [1.807, 2.05) is 0 Å². The van der Waals surface area contributed by atoms with E-state index in [0.29, 0.717) is 12.1 Å². The molecule has 2 atom stereocenters. The summed E-state index contributed by atoms with van der Waals surface area (Å²) in [6.07, 6.45) is 3.48. The number of hydrogen-bond acceptors (Lipinski definition) is 3. The van der Waals surface area contributed by atoms with Crippen LogP contribution in [0.1, 0.15) is 33.1 Å². The molecular weight excluding hydrogens is 176 g/mol. The molecule has 1 aliphatic carbocycles. The summed E-state index contributed by atoms with van der Waals surface area (Å²) >= 11 is 0. The Kier molecular flexibility index (Phi) is 3.10. The Bertz CT molecular complexity index is 190. The van der Waals surface area contributed by atoms with Crippen molar-refractivity contribution in [3.63, 3.8) is 0 Å². The van der Waals surface area contributed by atoms with Gasteiger partial charge in [0.05, 0.1) is 6.10 Å². The van der Waals surface area contributed by atoms with Crippen LogP contribution in [0.3, 0.4) is 0 Å². The lowest BCUT2D eigenvalue weighted by Gasteiger charge is -2.30. The Balaban J connectivity index is 1.86. The van der Waals surface area contributed by atoms with E-state index in [-0.39, 0.29) is 6.10 Å². The second-order valence-corrected chi connectivity index (χ2v) is 4.94. The van der Waals surface area contributed by atoms with Crippen molar-refractivity contribution in [3.05, 3.63) is 0 Å². The molecule has 1 aliphatic heterocycles. The summed E-state index contributed by atoms with van der Waals surface area (Å²) in [6.45, 7) is 6.49. The van der Waals surface area contributed by atoms with Crippen molar-refractivity contribution >= 4 is 0 Å². The molecule has 0 aromatic rings. The van der Waals surface area contributed by atoms with Gasteiger partial charge in [-0.3, -0.25) is 4.90 Å². The normalized spacial score (nSPS) is 33.2. The molecular formula is C11H22N2O. The molecule has 82 valence electrons. The molecule has 0 aromatic carbocycles. The first-order chi connectivity index (χ1) is 6.68. The van der Waals surface area contributed by atoms with Crippen LogP contribution in [0.25, 0.3) is 0 Å². The van der Waals surface area contributed by atoms with Crippen molar-refractivity contribution < 1.29 is 5.11 Å². The zero-order valence-electron chi connectivity index (χ0n) is 9.24. The highest BCUT2D eigenvalue weighted by atomic mass is 16.3. The van der Waals surface area contributed by atoms with Gasteiger partial charge >= 0.3 is 0 Å². The molecule has 2 rings (SSSR count). The van der Waals surface area contributed by atoms with Gasteiger partial charge in [0.2, 0.25) is 0 Å². The van der Waals surface area contributed by atoms with E-state index in [1.165, 1.54) is 12.8 Å². The fourth-order valence-corrected chi connectivity index (χ4v) is 2.35. The highest BCUT2D eigenvalue weighted by Gasteiger charge is 2.34. The van der Waals surface area contributed by atoms with Crippen LogP contribution in [0, 0.1) is 0 Å². The van der Waals surface area contributed by atoms with Gasteiger partial charge in [-0.05, 0) is 39.7 Å². The maximum Gasteiger partial charge on any atom is 0.0717 e. The zero-order chi connectivity index (χ0) is 10.1. The Labute approximate surface area is 86.5 Å². The predicted molar refractivity (Wildman–Crippen MR) is 57.3 cm³/mol. The molecule has 2 aliphatic rings. The van der Waals surface area contributed by atoms with Crippen LogP contribution in [-0.4, -0.2) is 47.3 Å². The molecule has 3 heteroatoms. The van der Waals surface area contributed by atoms with E-state index in [2.05, 4.69) is 24.1 Å². The summed E-state index contributed by atoms with van der Waals surface area (Å²) in [5.74, 6) is 0. The summed E-state index contributed by atoms with van der Waals surface area (Å²) in [4.78, 5) is 2.53. The van der Waals surface area contributed by atoms with Crippen molar-refractivity contribution in [3.8, 4) is 0 Å². The van der Waals surface area contributed by atoms with Gasteiger partial charge in [-0.15, -0.1) is 0 Å². The number of nitrogens with one attached hydrogen (secondary N) is 1. The van der Waals surface area contributed by atoms with Crippen LogP contribution >= 0.6 is 0 Å². The lowest BCUT2D eigenvalue weighted by atomic mass is 10.1. The van der Waals surface area contributed by atoms with E-state index in [1.54, 1.807) is 0 Å². The minimum atomic E-state index is -0.130. The van der Waals surface area contributed by atoms with Gasteiger partial charge in [-0.2, -0.15) is 0 Å². The molecule has 2 unspecified atom stereocenters. The number of aliphatic hydroxyl groups is 1. The Morgan fingerprint density at radius 2 is 2.07 bits per heavy atom. The predicted octanol–water partition coefficient (Wildman–Crippen LogP) is 0.582. The second kappa shape index (κ2) is 4.17. The Hall–Kier alpha value is -0.120. The number of hydrogen-bond donors (Lipinski definition) is 2. The fraction of sp³-hybridized carbons (Fsp3) is 1.00. The van der Waals surface area contributed by atoms with Gasteiger partial charge in [0.1, 0.15) is 0 Å². The third kappa shape index (κ3) is 2.27. The summed E-state index contributed by atoms with van der Waals surface area (Å²) in [5, 5.41) is 13.1. The summed E-state index contributed by atoms with van der Waals surface area (Å²) in [6, 6.07) is 1.71. The highest BCUT2D eigenvalue weighted by Crippen LogP contribution is 2.29. The number of rotatable bonds is 4. The molecule has 2 N–H and O–H groups in total. The summed E-state index contributed by atoms with van der Waals surface area (Å²) in [5.41, 5.74) is 0. The van der Waals surface area contributed by atoms with Crippen molar-refractivity contribution in [2.45, 2.75) is 57.3 Å². The van der Waals surface area contributed by atoms with Gasteiger partial charge in [-0.25, -0.2) is 0 Å². The van der Waals surface area contributed by atoms with Crippen LogP contribution in [-0.2, 0) is 0 Å². The van der Waals surface area contributed by atoms with Crippen molar-refractivity contribution in [2.75, 3.05) is 13.1 Å². The van der Waals surface area contributed by atoms with E-state index in [4.69, 9.17) is 0 Å². The maximum atomic E-state index is 9.73. The molecule has 1 saturated carbocycles. The monoisotopic (exact) mass is 198 g/mol. The standard InChI is InChI=1S/C11H22N2O/c1-8(2)13(9-3-4-9)7-10-11(14)5-6-12-10/h8-12,14H,3-7H2,1-2H3. The summed E-state index contributed by atoms with van der Waals surface area (Å²) < 4.78 is 0. The van der Waals surface area contributed by atoms with E-state index >= 15 is 0 Å². The molecule has 0 radical (unpaired) electrons. The quantitative estimate of drug-likeness (QED) is 0.694. The van der Waals surface area contributed by atoms with Crippen LogP contribution in [0.2, 0.25) is 0 Å². The lowest BCUT2D eigenvalue weighted by molar-refractivity contribution is 0.114. The smallest absolute Gasteiger partial charge is 0.0717 e. The molecule has 0 bridgehead atoms. The molecule has 14 heavy (non-hydrogen) atoms. The molecule has 1 saturated heterocycles. The van der Waals surface area contributed by atoms with Crippen LogP contribution in [0.5, 0.6) is 0 Å². The van der Waals surface area contributed by atoms with E-state index in [9.17, 15) is 5.11 Å². The average molecular weight is 198 g/mol. The second-order valence-electron chi connectivity index (χ2n) is 4.94. The van der Waals surface area contributed by atoms with E-state index < -0.39 is 0 Å². The maximum absolute atomic E-state index is 9.73. The van der Waals surface area contributed by atoms with Gasteiger partial charge in [0, 0.05) is 24.7 Å². The van der Waals surface area contributed by atoms with Crippen LogP contribution in [0.15, 0.2) is 0 Å². The minimum Gasteiger partial charge on any atom is -0.391 e. The molecule has 3 nitrogen and oxygen atoms in total. The topological polar surface area (TPSA) is 35.5 Å². The summed E-state index contributed by atoms with van der Waals surface area (Å²) in [7, 11) is 0. The van der Waals surface area contributed by atoms with Crippen molar-refractivity contribution in [1.82, 2.24) is 10.2 Å². The van der Waals surface area contributed by atoms with Crippen LogP contribution < -0.4 is 5.32 Å². The third-order valence-corrected chi connectivity index (χ3v) is 3.40. The third-order valence-electron chi connectivity index (χ3n) is 3.40. The zero-order valence-corrected chi connectivity index (χ0v) is 9.24. The first kappa shape index (κ1) is 10.4. The number of nitrogens with zero attached hydrogens (tertiary/aromatic N) is 1. The number of aliphatic hydroxyl groups excluding tert-OH is 1. The average Bonchev–Trinajstić information content (AvgIpc) is 2.87. The minimum absolute atomic E-state index is 0.130. The molecule has 0 amide bonds. The molecule has 1 heterocycles. The molecule has 0 spiro atoms. The Morgan fingerprint density at radius 3 is 2.50 bits per heavy atom. The molecule has 0 aromatic heterocycles. The van der Waals surface area contributed by atoms with Crippen molar-refractivity contribution in [2.24, 2.45) is 0 Å². The van der Waals surface area contributed by atoms with Crippen LogP contribution in [0.4, 0.5) is 0 Å². The van der Waals surface area contributed by atoms with Crippen molar-refractivity contribution in [1.29, 1.82) is 0 Å². The largest absolute Gasteiger partial charge is 0.391 e. The Morgan fingerprint density at radius 1 is 1.36 bits per heavy atom. The van der Waals surface area contributed by atoms with Gasteiger partial charge < -0.3 is 10.4 Å². The SMILES string of the molecule is CC(C)N(CC1NCCC1O)C1CC1. The van der Waals surface area contributed by atoms with Gasteiger partial charge in [-0.1, -0.05) is 0 Å².